The molecule has 3 rings (SSSR count). The minimum absolute atomic E-state index is 0.202. The molecule has 118 valence electrons. The first-order chi connectivity index (χ1) is 11.1. The van der Waals surface area contributed by atoms with Gasteiger partial charge in [0.05, 0.1) is 19.0 Å². The van der Waals surface area contributed by atoms with Crippen molar-refractivity contribution < 1.29 is 4.74 Å². The van der Waals surface area contributed by atoms with Gasteiger partial charge in [-0.1, -0.05) is 30.0 Å². The third-order valence-corrected chi connectivity index (χ3v) is 4.12. The van der Waals surface area contributed by atoms with Crippen molar-refractivity contribution in [2.75, 3.05) is 19.1 Å². The van der Waals surface area contributed by atoms with Crippen molar-refractivity contribution in [3.05, 3.63) is 52.4 Å². The zero-order valence-electron chi connectivity index (χ0n) is 12.8. The third-order valence-electron chi connectivity index (χ3n) is 3.56. The lowest BCUT2D eigenvalue weighted by atomic mass is 10.2. The van der Waals surface area contributed by atoms with Crippen LogP contribution in [0.4, 0.5) is 5.69 Å². The highest BCUT2D eigenvalue weighted by atomic mass is 32.2. The Bertz CT molecular complexity index is 924. The molecular formula is C16H16N4O2S. The molecule has 0 bridgehead atoms. The average Bonchev–Trinajstić information content (AvgIpc) is 2.58. The normalized spacial score (nSPS) is 10.9. The van der Waals surface area contributed by atoms with Crippen LogP contribution in [-0.2, 0) is 6.54 Å². The molecule has 2 aromatic heterocycles. The van der Waals surface area contributed by atoms with Gasteiger partial charge in [0.2, 0.25) is 0 Å². The zero-order valence-corrected chi connectivity index (χ0v) is 13.6. The fourth-order valence-corrected chi connectivity index (χ4v) is 2.75. The smallest absolute Gasteiger partial charge is 0.254 e. The summed E-state index contributed by atoms with van der Waals surface area (Å²) in [6.45, 7) is 0.352. The maximum atomic E-state index is 12.4. The predicted octanol–water partition coefficient (Wildman–Crippen LogP) is 2.15. The summed E-state index contributed by atoms with van der Waals surface area (Å²) in [6.07, 6.45) is 3.54. The van der Waals surface area contributed by atoms with Gasteiger partial charge in [-0.25, -0.2) is 9.97 Å². The van der Waals surface area contributed by atoms with Gasteiger partial charge in [-0.05, 0) is 12.3 Å². The Balaban J connectivity index is 2.22. The van der Waals surface area contributed by atoms with Gasteiger partial charge in [-0.2, -0.15) is 0 Å². The van der Waals surface area contributed by atoms with Crippen LogP contribution < -0.4 is 16.0 Å². The number of para-hydroxylation sites is 1. The molecule has 0 fully saturated rings. The quantitative estimate of drug-likeness (QED) is 0.584. The second-order valence-electron chi connectivity index (χ2n) is 4.93. The average molecular weight is 328 g/mol. The maximum Gasteiger partial charge on any atom is 0.254 e. The number of nitrogens with zero attached hydrogens (tertiary/aromatic N) is 3. The number of rotatable bonds is 4. The Labute approximate surface area is 137 Å². The lowest BCUT2D eigenvalue weighted by Gasteiger charge is -2.13. The van der Waals surface area contributed by atoms with Crippen LogP contribution in [0.15, 0.2) is 46.5 Å². The van der Waals surface area contributed by atoms with Gasteiger partial charge < -0.3 is 10.5 Å². The minimum Gasteiger partial charge on any atom is -0.496 e. The highest BCUT2D eigenvalue weighted by Gasteiger charge is 2.12. The Hall–Kier alpha value is -2.54. The molecule has 0 amide bonds. The van der Waals surface area contributed by atoms with Gasteiger partial charge in [-0.15, -0.1) is 0 Å². The van der Waals surface area contributed by atoms with Gasteiger partial charge in [0.1, 0.15) is 11.4 Å². The molecule has 7 heteroatoms. The lowest BCUT2D eigenvalue weighted by molar-refractivity contribution is 0.408. The van der Waals surface area contributed by atoms with E-state index in [1.807, 2.05) is 30.5 Å². The molecular weight excluding hydrogens is 312 g/mol. The summed E-state index contributed by atoms with van der Waals surface area (Å²) >= 11 is 1.41. The Kier molecular flexibility index (Phi) is 4.20. The van der Waals surface area contributed by atoms with E-state index in [2.05, 4.69) is 9.97 Å². The fraction of sp³-hybridized carbons (Fsp3) is 0.188. The first kappa shape index (κ1) is 15.4. The second kappa shape index (κ2) is 6.29. The number of thioether (sulfide) groups is 1. The standard InChI is InChI=1S/C16H16N4O2S/c1-22-13-6-4-3-5-10(13)9-20-14(21)7-12(17)11-8-18-16(23-2)19-15(11)20/h3-8H,9,17H2,1-2H3. The number of hydrogen-bond acceptors (Lipinski definition) is 6. The Morgan fingerprint density at radius 3 is 2.87 bits per heavy atom. The van der Waals surface area contributed by atoms with Crippen LogP contribution in [-0.4, -0.2) is 27.9 Å². The summed E-state index contributed by atoms with van der Waals surface area (Å²) in [5, 5.41) is 1.26. The van der Waals surface area contributed by atoms with Crippen LogP contribution in [0.5, 0.6) is 5.75 Å². The SMILES string of the molecule is COc1ccccc1Cn1c(=O)cc(N)c2cnc(SC)nc21. The number of aromatic nitrogens is 3. The molecule has 0 atom stereocenters. The summed E-state index contributed by atoms with van der Waals surface area (Å²) in [4.78, 5) is 21.1. The predicted molar refractivity (Wildman–Crippen MR) is 92.1 cm³/mol. The number of nitrogen functional groups attached to an aromatic ring is 1. The van der Waals surface area contributed by atoms with Crippen LogP contribution >= 0.6 is 11.8 Å². The summed E-state index contributed by atoms with van der Waals surface area (Å²) in [5.41, 5.74) is 7.55. The number of pyridine rings is 1. The lowest BCUT2D eigenvalue weighted by Crippen LogP contribution is -2.22. The molecule has 2 heterocycles. The van der Waals surface area contributed by atoms with Crippen LogP contribution in [0.3, 0.4) is 0 Å². The van der Waals surface area contributed by atoms with E-state index in [4.69, 9.17) is 10.5 Å². The van der Waals surface area contributed by atoms with Crippen molar-refractivity contribution in [2.24, 2.45) is 0 Å². The molecule has 0 saturated carbocycles. The Morgan fingerprint density at radius 1 is 1.35 bits per heavy atom. The molecule has 0 radical (unpaired) electrons. The summed E-state index contributed by atoms with van der Waals surface area (Å²) in [5.74, 6) is 0.725. The molecule has 6 nitrogen and oxygen atoms in total. The summed E-state index contributed by atoms with van der Waals surface area (Å²) in [6, 6.07) is 8.98. The maximum absolute atomic E-state index is 12.4. The molecule has 0 aliphatic heterocycles. The third kappa shape index (κ3) is 2.87. The number of nitrogens with two attached hydrogens (primary N) is 1. The van der Waals surface area contributed by atoms with Gasteiger partial charge in [0, 0.05) is 23.5 Å². The van der Waals surface area contributed by atoms with Gasteiger partial charge in [0.25, 0.3) is 5.56 Å². The minimum atomic E-state index is -0.202. The molecule has 0 unspecified atom stereocenters. The van der Waals surface area contributed by atoms with Crippen molar-refractivity contribution in [2.45, 2.75) is 11.7 Å². The van der Waals surface area contributed by atoms with Crippen molar-refractivity contribution in [1.82, 2.24) is 14.5 Å². The van der Waals surface area contributed by atoms with E-state index >= 15 is 0 Å². The molecule has 0 spiro atoms. The highest BCUT2D eigenvalue weighted by molar-refractivity contribution is 7.98. The number of hydrogen-bond donors (Lipinski definition) is 1. The van der Waals surface area contributed by atoms with Gasteiger partial charge >= 0.3 is 0 Å². The van der Waals surface area contributed by atoms with E-state index in [0.29, 0.717) is 28.4 Å². The van der Waals surface area contributed by atoms with E-state index in [9.17, 15) is 4.79 Å². The number of anilines is 1. The number of methoxy groups -OCH3 is 1. The molecule has 3 aromatic rings. The van der Waals surface area contributed by atoms with Crippen LogP contribution in [0.25, 0.3) is 11.0 Å². The van der Waals surface area contributed by atoms with Crippen molar-refractivity contribution >= 4 is 28.5 Å². The Morgan fingerprint density at radius 2 is 2.13 bits per heavy atom. The molecule has 1 aromatic carbocycles. The first-order valence-electron chi connectivity index (χ1n) is 6.96. The first-order valence-corrected chi connectivity index (χ1v) is 8.18. The van der Waals surface area contributed by atoms with E-state index < -0.39 is 0 Å². The van der Waals surface area contributed by atoms with Gasteiger partial charge in [-0.3, -0.25) is 9.36 Å². The molecule has 0 aliphatic carbocycles. The van der Waals surface area contributed by atoms with E-state index in [0.717, 1.165) is 11.3 Å². The number of fused-ring (bicyclic) bond motifs is 1. The van der Waals surface area contributed by atoms with E-state index in [1.54, 1.807) is 17.9 Å². The monoisotopic (exact) mass is 328 g/mol. The number of benzene rings is 1. The van der Waals surface area contributed by atoms with Crippen LogP contribution in [0.2, 0.25) is 0 Å². The molecule has 0 saturated heterocycles. The fourth-order valence-electron chi connectivity index (χ4n) is 2.41. The summed E-state index contributed by atoms with van der Waals surface area (Å²) in [7, 11) is 1.61. The topological polar surface area (TPSA) is 83.0 Å². The van der Waals surface area contributed by atoms with Crippen LogP contribution in [0, 0.1) is 0 Å². The van der Waals surface area contributed by atoms with Crippen molar-refractivity contribution in [3.8, 4) is 5.75 Å². The number of ether oxygens (including phenoxy) is 1. The molecule has 0 aliphatic rings. The molecule has 23 heavy (non-hydrogen) atoms. The van der Waals surface area contributed by atoms with Crippen LogP contribution in [0.1, 0.15) is 5.56 Å². The van der Waals surface area contributed by atoms with E-state index in [1.165, 1.54) is 17.8 Å². The molecule has 2 N–H and O–H groups in total. The zero-order chi connectivity index (χ0) is 16.4. The van der Waals surface area contributed by atoms with Crippen molar-refractivity contribution in [3.63, 3.8) is 0 Å². The van der Waals surface area contributed by atoms with E-state index in [-0.39, 0.29) is 5.56 Å². The van der Waals surface area contributed by atoms with Crippen molar-refractivity contribution in [1.29, 1.82) is 0 Å². The summed E-state index contributed by atoms with van der Waals surface area (Å²) < 4.78 is 6.95. The second-order valence-corrected chi connectivity index (χ2v) is 5.70. The van der Waals surface area contributed by atoms with Gasteiger partial charge in [0.15, 0.2) is 5.16 Å². The highest BCUT2D eigenvalue weighted by Crippen LogP contribution is 2.22. The largest absolute Gasteiger partial charge is 0.496 e.